The van der Waals surface area contributed by atoms with E-state index < -0.39 is 11.5 Å². The number of ether oxygens (including phenoxy) is 1. The Morgan fingerprint density at radius 1 is 1.39 bits per heavy atom. The van der Waals surface area contributed by atoms with Gasteiger partial charge in [0.25, 0.3) is 0 Å². The molecule has 0 fully saturated rings. The van der Waals surface area contributed by atoms with E-state index in [2.05, 4.69) is 5.32 Å². The first-order chi connectivity index (χ1) is 8.68. The summed E-state index contributed by atoms with van der Waals surface area (Å²) >= 11 is 0. The third-order valence-corrected chi connectivity index (χ3v) is 3.43. The van der Waals surface area contributed by atoms with Crippen molar-refractivity contribution in [3.8, 4) is 0 Å². The van der Waals surface area contributed by atoms with E-state index in [1.807, 2.05) is 31.2 Å². The third kappa shape index (κ3) is 2.54. The first-order valence-electron chi connectivity index (χ1n) is 6.31. The zero-order chi connectivity index (χ0) is 13.0. The lowest BCUT2D eigenvalue weighted by molar-refractivity contribution is -0.144. The smallest absolute Gasteiger partial charge is 0.324 e. The minimum atomic E-state index is -0.860. The van der Waals surface area contributed by atoms with Gasteiger partial charge >= 0.3 is 5.97 Å². The van der Waals surface area contributed by atoms with Gasteiger partial charge in [0.05, 0.1) is 6.61 Å². The second-order valence-electron chi connectivity index (χ2n) is 4.63. The highest BCUT2D eigenvalue weighted by Gasteiger charge is 2.43. The van der Waals surface area contributed by atoms with Gasteiger partial charge < -0.3 is 9.84 Å². The fourth-order valence-corrected chi connectivity index (χ4v) is 2.47. The Hall–Kier alpha value is -1.39. The van der Waals surface area contributed by atoms with E-state index in [9.17, 15) is 9.90 Å². The van der Waals surface area contributed by atoms with E-state index in [0.717, 1.165) is 11.1 Å². The number of rotatable bonds is 6. The van der Waals surface area contributed by atoms with E-state index in [4.69, 9.17) is 4.74 Å². The fourth-order valence-electron chi connectivity index (χ4n) is 2.47. The van der Waals surface area contributed by atoms with Gasteiger partial charge in [0.15, 0.2) is 0 Å². The maximum atomic E-state index is 11.6. The SMILES string of the molecule is CCOCCNC1(C(=O)O)Cc2ccccc2C1. The van der Waals surface area contributed by atoms with Crippen LogP contribution in [0.4, 0.5) is 0 Å². The topological polar surface area (TPSA) is 58.6 Å². The normalized spacial score (nSPS) is 16.5. The first kappa shape index (κ1) is 13.1. The Balaban J connectivity index is 2.05. The molecular weight excluding hydrogens is 230 g/mol. The van der Waals surface area contributed by atoms with E-state index in [0.29, 0.717) is 32.6 Å². The Morgan fingerprint density at radius 2 is 2.00 bits per heavy atom. The van der Waals surface area contributed by atoms with E-state index in [-0.39, 0.29) is 0 Å². The molecule has 98 valence electrons. The van der Waals surface area contributed by atoms with Crippen LogP contribution in [0.1, 0.15) is 18.1 Å². The van der Waals surface area contributed by atoms with Gasteiger partial charge in [-0.1, -0.05) is 24.3 Å². The maximum Gasteiger partial charge on any atom is 0.324 e. The molecule has 0 heterocycles. The summed E-state index contributed by atoms with van der Waals surface area (Å²) in [4.78, 5) is 11.6. The highest BCUT2D eigenvalue weighted by Crippen LogP contribution is 2.30. The summed E-state index contributed by atoms with van der Waals surface area (Å²) in [5, 5.41) is 12.6. The van der Waals surface area contributed by atoms with Crippen LogP contribution in [0.3, 0.4) is 0 Å². The van der Waals surface area contributed by atoms with Crippen LogP contribution < -0.4 is 5.32 Å². The van der Waals surface area contributed by atoms with Gasteiger partial charge in [-0.3, -0.25) is 10.1 Å². The van der Waals surface area contributed by atoms with E-state index >= 15 is 0 Å². The molecule has 1 aromatic carbocycles. The molecule has 1 aliphatic rings. The summed E-state index contributed by atoms with van der Waals surface area (Å²) in [5.74, 6) is -0.782. The number of fused-ring (bicyclic) bond motifs is 1. The summed E-state index contributed by atoms with van der Waals surface area (Å²) in [6.07, 6.45) is 1.09. The average Bonchev–Trinajstić information content (AvgIpc) is 2.74. The predicted octanol–water partition coefficient (Wildman–Crippen LogP) is 1.23. The second kappa shape index (κ2) is 5.50. The van der Waals surface area contributed by atoms with Gasteiger partial charge in [0.1, 0.15) is 5.54 Å². The predicted molar refractivity (Wildman–Crippen MR) is 68.7 cm³/mol. The molecule has 0 aliphatic heterocycles. The van der Waals surface area contributed by atoms with Crippen LogP contribution in [0, 0.1) is 0 Å². The van der Waals surface area contributed by atoms with Gasteiger partial charge in [-0.05, 0) is 18.1 Å². The molecule has 0 bridgehead atoms. The van der Waals surface area contributed by atoms with Crippen molar-refractivity contribution in [2.45, 2.75) is 25.3 Å². The number of carbonyl (C=O) groups is 1. The Morgan fingerprint density at radius 3 is 2.50 bits per heavy atom. The van der Waals surface area contributed by atoms with Crippen LogP contribution in [0.15, 0.2) is 24.3 Å². The molecule has 1 aromatic rings. The van der Waals surface area contributed by atoms with Crippen molar-refractivity contribution in [2.75, 3.05) is 19.8 Å². The molecule has 4 heteroatoms. The largest absolute Gasteiger partial charge is 0.480 e. The Kier molecular flexibility index (Phi) is 3.99. The Bertz CT molecular complexity index is 406. The maximum absolute atomic E-state index is 11.6. The molecule has 0 radical (unpaired) electrons. The Labute approximate surface area is 107 Å². The van der Waals surface area contributed by atoms with E-state index in [1.54, 1.807) is 0 Å². The number of hydrogen-bond acceptors (Lipinski definition) is 3. The lowest BCUT2D eigenvalue weighted by Gasteiger charge is -2.25. The molecule has 0 saturated carbocycles. The van der Waals surface area contributed by atoms with Crippen molar-refractivity contribution in [2.24, 2.45) is 0 Å². The summed E-state index contributed by atoms with van der Waals surface area (Å²) in [6.45, 7) is 3.69. The number of aliphatic carboxylic acids is 1. The molecule has 0 saturated heterocycles. The summed E-state index contributed by atoms with van der Waals surface area (Å²) in [6, 6.07) is 7.92. The van der Waals surface area contributed by atoms with Crippen molar-refractivity contribution in [1.82, 2.24) is 5.32 Å². The minimum absolute atomic E-state index is 0.544. The number of hydrogen-bond donors (Lipinski definition) is 2. The van der Waals surface area contributed by atoms with Crippen molar-refractivity contribution < 1.29 is 14.6 Å². The number of carboxylic acids is 1. The van der Waals surface area contributed by atoms with Crippen LogP contribution >= 0.6 is 0 Å². The summed E-state index contributed by atoms with van der Waals surface area (Å²) in [7, 11) is 0. The van der Waals surface area contributed by atoms with Crippen LogP contribution in [0.2, 0.25) is 0 Å². The highest BCUT2D eigenvalue weighted by molar-refractivity contribution is 5.81. The molecule has 18 heavy (non-hydrogen) atoms. The molecule has 0 atom stereocenters. The molecule has 0 aromatic heterocycles. The van der Waals surface area contributed by atoms with Crippen molar-refractivity contribution >= 4 is 5.97 Å². The number of nitrogens with one attached hydrogen (secondary N) is 1. The third-order valence-electron chi connectivity index (χ3n) is 3.43. The molecule has 2 N–H and O–H groups in total. The van der Waals surface area contributed by atoms with Crippen LogP contribution in [0.5, 0.6) is 0 Å². The molecule has 0 spiro atoms. The quantitative estimate of drug-likeness (QED) is 0.745. The van der Waals surface area contributed by atoms with Crippen molar-refractivity contribution in [3.63, 3.8) is 0 Å². The van der Waals surface area contributed by atoms with Gasteiger partial charge in [-0.2, -0.15) is 0 Å². The van der Waals surface area contributed by atoms with Crippen LogP contribution in [-0.2, 0) is 22.4 Å². The lowest BCUT2D eigenvalue weighted by atomic mass is 9.96. The zero-order valence-electron chi connectivity index (χ0n) is 10.6. The average molecular weight is 249 g/mol. The van der Waals surface area contributed by atoms with Crippen LogP contribution in [0.25, 0.3) is 0 Å². The van der Waals surface area contributed by atoms with Crippen molar-refractivity contribution in [1.29, 1.82) is 0 Å². The highest BCUT2D eigenvalue weighted by atomic mass is 16.5. The summed E-state index contributed by atoms with van der Waals surface area (Å²) < 4.78 is 5.24. The minimum Gasteiger partial charge on any atom is -0.480 e. The number of carboxylic acid groups (broad SMARTS) is 1. The number of benzene rings is 1. The molecule has 4 nitrogen and oxygen atoms in total. The second-order valence-corrected chi connectivity index (χ2v) is 4.63. The molecule has 1 aliphatic carbocycles. The molecule has 0 amide bonds. The van der Waals surface area contributed by atoms with Gasteiger partial charge in [0, 0.05) is 26.0 Å². The monoisotopic (exact) mass is 249 g/mol. The van der Waals surface area contributed by atoms with E-state index in [1.165, 1.54) is 0 Å². The van der Waals surface area contributed by atoms with Gasteiger partial charge in [-0.25, -0.2) is 0 Å². The van der Waals surface area contributed by atoms with Crippen LogP contribution in [-0.4, -0.2) is 36.4 Å². The molecular formula is C14H19NO3. The zero-order valence-corrected chi connectivity index (χ0v) is 10.6. The van der Waals surface area contributed by atoms with Gasteiger partial charge in [-0.15, -0.1) is 0 Å². The molecule has 0 unspecified atom stereocenters. The summed E-state index contributed by atoms with van der Waals surface area (Å²) in [5.41, 5.74) is 1.40. The first-order valence-corrected chi connectivity index (χ1v) is 6.31. The molecule has 2 rings (SSSR count). The van der Waals surface area contributed by atoms with Crippen molar-refractivity contribution in [3.05, 3.63) is 35.4 Å². The van der Waals surface area contributed by atoms with Gasteiger partial charge in [0.2, 0.25) is 0 Å². The lowest BCUT2D eigenvalue weighted by Crippen LogP contribution is -2.54. The standard InChI is InChI=1S/C14H19NO3/c1-2-18-8-7-15-14(13(16)17)9-11-5-3-4-6-12(11)10-14/h3-6,15H,2,7-10H2,1H3,(H,16,17). The fraction of sp³-hybridized carbons (Fsp3) is 0.500.